The topological polar surface area (TPSA) is 59.4 Å². The molecule has 19 heavy (non-hydrogen) atoms. The average molecular weight is 261 g/mol. The standard InChI is InChI=1S/C14H12FNO3/c15-8-10-4-3-5-11(14(17)18)12(10)9-19-13-6-1-2-7-16-13/h1-7H,8-9H2,(H,17,18). The third kappa shape index (κ3) is 3.07. The van der Waals surface area contributed by atoms with Gasteiger partial charge in [0.1, 0.15) is 13.3 Å². The first-order valence-electron chi connectivity index (χ1n) is 5.66. The van der Waals surface area contributed by atoms with Crippen LogP contribution in [0.3, 0.4) is 0 Å². The Bertz CT molecular complexity index is 572. The molecule has 0 aliphatic rings. The van der Waals surface area contributed by atoms with E-state index in [-0.39, 0.29) is 12.2 Å². The van der Waals surface area contributed by atoms with Crippen LogP contribution in [0.4, 0.5) is 4.39 Å². The van der Waals surface area contributed by atoms with Crippen LogP contribution in [-0.4, -0.2) is 16.1 Å². The van der Waals surface area contributed by atoms with Crippen molar-refractivity contribution in [1.29, 1.82) is 0 Å². The van der Waals surface area contributed by atoms with E-state index < -0.39 is 12.6 Å². The highest BCUT2D eigenvalue weighted by atomic mass is 19.1. The molecule has 1 heterocycles. The third-order valence-electron chi connectivity index (χ3n) is 2.65. The van der Waals surface area contributed by atoms with E-state index in [1.54, 1.807) is 30.5 Å². The lowest BCUT2D eigenvalue weighted by molar-refractivity contribution is 0.0693. The van der Waals surface area contributed by atoms with Crippen LogP contribution in [0, 0.1) is 0 Å². The van der Waals surface area contributed by atoms with Crippen LogP contribution in [0.2, 0.25) is 0 Å². The number of nitrogens with zero attached hydrogens (tertiary/aromatic N) is 1. The van der Waals surface area contributed by atoms with Crippen LogP contribution in [0.1, 0.15) is 21.5 Å². The van der Waals surface area contributed by atoms with Gasteiger partial charge in [0.05, 0.1) is 5.56 Å². The van der Waals surface area contributed by atoms with Crippen molar-refractivity contribution in [3.8, 4) is 5.88 Å². The van der Waals surface area contributed by atoms with Gasteiger partial charge < -0.3 is 9.84 Å². The summed E-state index contributed by atoms with van der Waals surface area (Å²) < 4.78 is 18.3. The van der Waals surface area contributed by atoms with Gasteiger partial charge in [0.15, 0.2) is 0 Å². The third-order valence-corrected chi connectivity index (χ3v) is 2.65. The minimum atomic E-state index is -1.10. The lowest BCUT2D eigenvalue weighted by atomic mass is 10.0. The Morgan fingerprint density at radius 1 is 1.26 bits per heavy atom. The van der Waals surface area contributed by atoms with Crippen LogP contribution < -0.4 is 4.74 Å². The summed E-state index contributed by atoms with van der Waals surface area (Å²) in [5, 5.41) is 9.09. The Morgan fingerprint density at radius 2 is 2.11 bits per heavy atom. The minimum Gasteiger partial charge on any atom is -0.478 e. The summed E-state index contributed by atoms with van der Waals surface area (Å²) in [4.78, 5) is 15.1. The molecular weight excluding hydrogens is 249 g/mol. The number of carboxylic acid groups (broad SMARTS) is 1. The Balaban J connectivity index is 2.25. The molecule has 0 aliphatic carbocycles. The number of hydrogen-bond acceptors (Lipinski definition) is 3. The first kappa shape index (κ1) is 13.0. The number of alkyl halides is 1. The van der Waals surface area contributed by atoms with E-state index in [1.165, 1.54) is 12.1 Å². The van der Waals surface area contributed by atoms with Gasteiger partial charge in [-0.25, -0.2) is 14.2 Å². The molecule has 0 radical (unpaired) electrons. The summed E-state index contributed by atoms with van der Waals surface area (Å²) in [7, 11) is 0. The quantitative estimate of drug-likeness (QED) is 0.899. The highest BCUT2D eigenvalue weighted by Crippen LogP contribution is 2.18. The van der Waals surface area contributed by atoms with Crippen molar-refractivity contribution in [2.45, 2.75) is 13.3 Å². The van der Waals surface area contributed by atoms with Crippen molar-refractivity contribution < 1.29 is 19.0 Å². The number of aromatic carboxylic acids is 1. The predicted octanol–water partition coefficient (Wildman–Crippen LogP) is 2.83. The number of carboxylic acids is 1. The highest BCUT2D eigenvalue weighted by Gasteiger charge is 2.14. The molecule has 5 heteroatoms. The number of carbonyl (C=O) groups is 1. The first-order chi connectivity index (χ1) is 9.22. The fourth-order valence-electron chi connectivity index (χ4n) is 1.71. The Morgan fingerprint density at radius 3 is 2.74 bits per heavy atom. The van der Waals surface area contributed by atoms with Crippen molar-refractivity contribution in [3.05, 3.63) is 59.3 Å². The lowest BCUT2D eigenvalue weighted by Gasteiger charge is -2.11. The molecule has 0 saturated carbocycles. The Hall–Kier alpha value is -2.43. The number of ether oxygens (including phenoxy) is 1. The number of aromatic nitrogens is 1. The van der Waals surface area contributed by atoms with Gasteiger partial charge in [-0.3, -0.25) is 0 Å². The molecule has 1 N–H and O–H groups in total. The lowest BCUT2D eigenvalue weighted by Crippen LogP contribution is -2.09. The van der Waals surface area contributed by atoms with Crippen LogP contribution in [0.15, 0.2) is 42.6 Å². The van der Waals surface area contributed by atoms with Crippen LogP contribution in [0.5, 0.6) is 5.88 Å². The number of benzene rings is 1. The molecule has 0 spiro atoms. The van der Waals surface area contributed by atoms with Gasteiger partial charge >= 0.3 is 5.97 Å². The van der Waals surface area contributed by atoms with Gasteiger partial charge in [0.2, 0.25) is 5.88 Å². The maximum Gasteiger partial charge on any atom is 0.336 e. The molecule has 0 saturated heterocycles. The minimum absolute atomic E-state index is 0.0290. The maximum atomic E-state index is 12.9. The molecule has 2 rings (SSSR count). The van der Waals surface area contributed by atoms with E-state index in [0.717, 1.165) is 0 Å². The summed E-state index contributed by atoms with van der Waals surface area (Å²) in [5.74, 6) is -0.734. The first-order valence-corrected chi connectivity index (χ1v) is 5.66. The zero-order valence-corrected chi connectivity index (χ0v) is 10.0. The summed E-state index contributed by atoms with van der Waals surface area (Å²) in [5.41, 5.74) is 0.699. The second-order valence-corrected chi connectivity index (χ2v) is 3.84. The summed E-state index contributed by atoms with van der Waals surface area (Å²) in [6.45, 7) is -0.763. The van der Waals surface area contributed by atoms with Gasteiger partial charge in [-0.1, -0.05) is 18.2 Å². The molecule has 2 aromatic rings. The van der Waals surface area contributed by atoms with E-state index in [1.807, 2.05) is 0 Å². The summed E-state index contributed by atoms with van der Waals surface area (Å²) >= 11 is 0. The normalized spacial score (nSPS) is 10.2. The number of pyridine rings is 1. The smallest absolute Gasteiger partial charge is 0.336 e. The monoisotopic (exact) mass is 261 g/mol. The Kier molecular flexibility index (Phi) is 4.07. The molecule has 1 aromatic carbocycles. The maximum absolute atomic E-state index is 12.9. The van der Waals surface area contributed by atoms with Crippen molar-refractivity contribution in [1.82, 2.24) is 4.98 Å². The molecule has 4 nitrogen and oxygen atoms in total. The van der Waals surface area contributed by atoms with Crippen molar-refractivity contribution in [2.75, 3.05) is 0 Å². The zero-order chi connectivity index (χ0) is 13.7. The Labute approximate surface area is 109 Å². The van der Waals surface area contributed by atoms with E-state index >= 15 is 0 Å². The van der Waals surface area contributed by atoms with E-state index in [2.05, 4.69) is 4.98 Å². The van der Waals surface area contributed by atoms with E-state index in [0.29, 0.717) is 17.0 Å². The predicted molar refractivity (Wildman–Crippen MR) is 66.8 cm³/mol. The molecule has 0 amide bonds. The van der Waals surface area contributed by atoms with Crippen molar-refractivity contribution in [2.24, 2.45) is 0 Å². The molecule has 0 bridgehead atoms. The van der Waals surface area contributed by atoms with E-state index in [9.17, 15) is 9.18 Å². The second kappa shape index (κ2) is 5.95. The van der Waals surface area contributed by atoms with E-state index in [4.69, 9.17) is 9.84 Å². The average Bonchev–Trinajstić information content (AvgIpc) is 2.45. The van der Waals surface area contributed by atoms with Crippen molar-refractivity contribution >= 4 is 5.97 Å². The summed E-state index contributed by atoms with van der Waals surface area (Å²) in [6.07, 6.45) is 1.56. The number of halogens is 1. The fourth-order valence-corrected chi connectivity index (χ4v) is 1.71. The van der Waals surface area contributed by atoms with Crippen LogP contribution in [0.25, 0.3) is 0 Å². The van der Waals surface area contributed by atoms with Crippen LogP contribution >= 0.6 is 0 Å². The summed E-state index contributed by atoms with van der Waals surface area (Å²) in [6, 6.07) is 9.63. The van der Waals surface area contributed by atoms with Crippen molar-refractivity contribution in [3.63, 3.8) is 0 Å². The van der Waals surface area contributed by atoms with Gasteiger partial charge in [-0.2, -0.15) is 0 Å². The van der Waals surface area contributed by atoms with Gasteiger partial charge in [0.25, 0.3) is 0 Å². The molecule has 98 valence electrons. The van der Waals surface area contributed by atoms with Gasteiger partial charge in [-0.05, 0) is 17.7 Å². The van der Waals surface area contributed by atoms with Gasteiger partial charge in [-0.15, -0.1) is 0 Å². The largest absolute Gasteiger partial charge is 0.478 e. The fraction of sp³-hybridized carbons (Fsp3) is 0.143. The number of rotatable bonds is 5. The molecule has 1 aromatic heterocycles. The molecular formula is C14H12FNO3. The molecule has 0 aliphatic heterocycles. The van der Waals surface area contributed by atoms with Gasteiger partial charge in [0, 0.05) is 17.8 Å². The SMILES string of the molecule is O=C(O)c1cccc(CF)c1COc1ccccn1. The molecule has 0 fully saturated rings. The molecule has 0 atom stereocenters. The van der Waals surface area contributed by atoms with Crippen LogP contribution in [-0.2, 0) is 13.3 Å². The molecule has 0 unspecified atom stereocenters. The zero-order valence-electron chi connectivity index (χ0n) is 10.0. The number of hydrogen-bond donors (Lipinski definition) is 1. The highest BCUT2D eigenvalue weighted by molar-refractivity contribution is 5.89. The second-order valence-electron chi connectivity index (χ2n) is 3.84.